The summed E-state index contributed by atoms with van der Waals surface area (Å²) in [6.07, 6.45) is 2.43. The van der Waals surface area contributed by atoms with Crippen molar-refractivity contribution in [2.45, 2.75) is 50.3 Å². The van der Waals surface area contributed by atoms with Crippen LogP contribution < -0.4 is 10.6 Å². The van der Waals surface area contributed by atoms with Crippen LogP contribution >= 0.6 is 11.8 Å². The maximum atomic E-state index is 12.7. The van der Waals surface area contributed by atoms with Crippen LogP contribution in [-0.4, -0.2) is 66.4 Å². The Bertz CT molecular complexity index is 1410. The molecule has 38 heavy (non-hydrogen) atoms. The number of aliphatic hydroxyl groups is 1. The Morgan fingerprint density at radius 1 is 1.21 bits per heavy atom. The summed E-state index contributed by atoms with van der Waals surface area (Å²) in [6, 6.07) is 13.4. The zero-order valence-electron chi connectivity index (χ0n) is 22.1. The Kier molecular flexibility index (Phi) is 7.42. The minimum atomic E-state index is -0.384. The quantitative estimate of drug-likeness (QED) is 0.264. The van der Waals surface area contributed by atoms with Gasteiger partial charge < -0.3 is 15.7 Å². The number of nitrogens with one attached hydrogen (secondary N) is 3. The molecular weight excluding hydrogens is 500 g/mol. The Hall–Kier alpha value is -3.41. The highest BCUT2D eigenvalue weighted by Gasteiger charge is 2.34. The maximum absolute atomic E-state index is 12.7. The Morgan fingerprint density at radius 3 is 2.71 bits per heavy atom. The summed E-state index contributed by atoms with van der Waals surface area (Å²) in [7, 11) is 0. The molecule has 4 heterocycles. The van der Waals surface area contributed by atoms with Crippen LogP contribution in [0.15, 0.2) is 58.7 Å². The average molecular weight is 535 g/mol. The number of carbonyl (C=O) groups is 1. The molecule has 0 spiro atoms. The monoisotopic (exact) mass is 534 g/mol. The number of amides is 1. The molecule has 2 atom stereocenters. The van der Waals surface area contributed by atoms with Crippen molar-refractivity contribution in [2.75, 3.05) is 30.3 Å². The van der Waals surface area contributed by atoms with Gasteiger partial charge in [0, 0.05) is 41.6 Å². The molecule has 1 fully saturated rings. The Balaban J connectivity index is 1.19. The summed E-state index contributed by atoms with van der Waals surface area (Å²) in [5, 5.41) is 29.0. The number of aryl methyl sites for hydroxylation is 1. The van der Waals surface area contributed by atoms with Gasteiger partial charge in [-0.25, -0.2) is 9.50 Å². The molecule has 4 aromatic rings. The molecular formula is C27H34N8O2S. The maximum Gasteiger partial charge on any atom is 0.238 e. The standard InChI is InChI=1S/C27H34N8O2S/c1-17-12-23(32-31-17)29-25-21-6-5-11-35(21)33-26(30-25)38-20-9-7-19(8-10-20)28-24(37)16-34-14-18(22(36)15-34)13-27(2,3)4/h5-12,18,22,36H,13-16H2,1-4H3,(H,28,37)(H2,29,30,31,32,33)/t18-,22-/m0/s1. The summed E-state index contributed by atoms with van der Waals surface area (Å²) < 4.78 is 1.78. The number of H-pyrrole nitrogens is 1. The van der Waals surface area contributed by atoms with Crippen LogP contribution in [0.2, 0.25) is 0 Å². The van der Waals surface area contributed by atoms with Crippen LogP contribution in [0.5, 0.6) is 0 Å². The van der Waals surface area contributed by atoms with Crippen molar-refractivity contribution in [2.24, 2.45) is 11.3 Å². The highest BCUT2D eigenvalue weighted by atomic mass is 32.2. The average Bonchev–Trinajstić information content (AvgIpc) is 3.55. The van der Waals surface area contributed by atoms with Gasteiger partial charge in [-0.15, -0.1) is 5.10 Å². The number of aromatic amines is 1. The molecule has 10 nitrogen and oxygen atoms in total. The number of rotatable bonds is 8. The number of aliphatic hydroxyl groups excluding tert-OH is 1. The number of benzene rings is 1. The van der Waals surface area contributed by atoms with Crippen molar-refractivity contribution in [1.82, 2.24) is 29.7 Å². The first-order chi connectivity index (χ1) is 18.1. The smallest absolute Gasteiger partial charge is 0.238 e. The van der Waals surface area contributed by atoms with Crippen molar-refractivity contribution < 1.29 is 9.90 Å². The van der Waals surface area contributed by atoms with Crippen LogP contribution in [0, 0.1) is 18.3 Å². The second-order valence-electron chi connectivity index (χ2n) is 11.1. The lowest BCUT2D eigenvalue weighted by Gasteiger charge is -2.24. The van der Waals surface area contributed by atoms with Crippen molar-refractivity contribution in [3.8, 4) is 0 Å². The lowest BCUT2D eigenvalue weighted by Crippen LogP contribution is -2.32. The Labute approximate surface area is 226 Å². The van der Waals surface area contributed by atoms with E-state index in [0.717, 1.165) is 34.8 Å². The topological polar surface area (TPSA) is 123 Å². The first kappa shape index (κ1) is 26.2. The van der Waals surface area contributed by atoms with E-state index in [1.165, 1.54) is 11.8 Å². The van der Waals surface area contributed by atoms with E-state index in [-0.39, 0.29) is 29.9 Å². The fourth-order valence-electron chi connectivity index (χ4n) is 4.83. The second kappa shape index (κ2) is 10.8. The number of anilines is 3. The van der Waals surface area contributed by atoms with E-state index < -0.39 is 0 Å². The van der Waals surface area contributed by atoms with Gasteiger partial charge in [0.1, 0.15) is 5.52 Å². The molecule has 0 radical (unpaired) electrons. The number of hydrogen-bond donors (Lipinski definition) is 4. The molecule has 1 aliphatic heterocycles. The third-order valence-electron chi connectivity index (χ3n) is 6.40. The van der Waals surface area contributed by atoms with Crippen molar-refractivity contribution in [3.05, 3.63) is 54.4 Å². The molecule has 1 amide bonds. The van der Waals surface area contributed by atoms with E-state index in [2.05, 4.69) is 46.7 Å². The van der Waals surface area contributed by atoms with Gasteiger partial charge in [-0.3, -0.25) is 14.8 Å². The van der Waals surface area contributed by atoms with Crippen molar-refractivity contribution >= 4 is 40.5 Å². The molecule has 5 rings (SSSR count). The fourth-order valence-corrected chi connectivity index (χ4v) is 5.57. The molecule has 1 saturated heterocycles. The van der Waals surface area contributed by atoms with Gasteiger partial charge in [0.25, 0.3) is 0 Å². The number of aromatic nitrogens is 5. The summed E-state index contributed by atoms with van der Waals surface area (Å²) in [5.41, 5.74) is 2.68. The van der Waals surface area contributed by atoms with Gasteiger partial charge in [0.05, 0.1) is 12.6 Å². The third kappa shape index (κ3) is 6.53. The van der Waals surface area contributed by atoms with Crippen LogP contribution in [-0.2, 0) is 4.79 Å². The number of carbonyl (C=O) groups excluding carboxylic acids is 1. The number of hydrogen-bond acceptors (Lipinski definition) is 8. The summed E-state index contributed by atoms with van der Waals surface area (Å²) >= 11 is 1.43. The SMILES string of the molecule is Cc1cc(Nc2nc(Sc3ccc(NC(=O)CN4C[C@H](CC(C)(C)C)[C@@H](O)C4)cc3)nn3cccc23)n[nH]1. The van der Waals surface area contributed by atoms with E-state index in [1.807, 2.05) is 60.5 Å². The van der Waals surface area contributed by atoms with E-state index in [4.69, 9.17) is 4.98 Å². The van der Waals surface area contributed by atoms with E-state index >= 15 is 0 Å². The molecule has 0 saturated carbocycles. The minimum absolute atomic E-state index is 0.0836. The largest absolute Gasteiger partial charge is 0.391 e. The number of β-amino-alcohol motifs (C(OH)–C–C–N with tert-alkyl or cyclic N) is 1. The lowest BCUT2D eigenvalue weighted by atomic mass is 9.83. The molecule has 11 heteroatoms. The summed E-state index contributed by atoms with van der Waals surface area (Å²) in [5.74, 6) is 1.47. The summed E-state index contributed by atoms with van der Waals surface area (Å²) in [4.78, 5) is 20.3. The lowest BCUT2D eigenvalue weighted by molar-refractivity contribution is -0.117. The molecule has 200 valence electrons. The molecule has 1 aromatic carbocycles. The molecule has 3 aromatic heterocycles. The number of nitrogens with zero attached hydrogens (tertiary/aromatic N) is 5. The molecule has 1 aliphatic rings. The van der Waals surface area contributed by atoms with Crippen LogP contribution in [0.25, 0.3) is 5.52 Å². The van der Waals surface area contributed by atoms with Crippen LogP contribution in [0.1, 0.15) is 32.9 Å². The highest BCUT2D eigenvalue weighted by Crippen LogP contribution is 2.31. The normalized spacial score (nSPS) is 18.2. The third-order valence-corrected chi connectivity index (χ3v) is 7.26. The molecule has 4 N–H and O–H groups in total. The molecule has 0 aliphatic carbocycles. The van der Waals surface area contributed by atoms with E-state index in [9.17, 15) is 9.90 Å². The fraction of sp³-hybridized carbons (Fsp3) is 0.407. The van der Waals surface area contributed by atoms with Gasteiger partial charge in [0.2, 0.25) is 11.1 Å². The zero-order chi connectivity index (χ0) is 26.9. The van der Waals surface area contributed by atoms with Gasteiger partial charge in [0.15, 0.2) is 11.6 Å². The highest BCUT2D eigenvalue weighted by molar-refractivity contribution is 7.99. The second-order valence-corrected chi connectivity index (χ2v) is 12.1. The van der Waals surface area contributed by atoms with Gasteiger partial charge in [-0.2, -0.15) is 5.10 Å². The van der Waals surface area contributed by atoms with E-state index in [1.54, 1.807) is 4.52 Å². The predicted molar refractivity (Wildman–Crippen MR) is 149 cm³/mol. The summed E-state index contributed by atoms with van der Waals surface area (Å²) in [6.45, 7) is 10.0. The van der Waals surface area contributed by atoms with Gasteiger partial charge in [-0.1, -0.05) is 20.8 Å². The van der Waals surface area contributed by atoms with Crippen molar-refractivity contribution in [3.63, 3.8) is 0 Å². The van der Waals surface area contributed by atoms with E-state index in [0.29, 0.717) is 23.3 Å². The molecule has 0 bridgehead atoms. The molecule has 0 unspecified atom stereocenters. The van der Waals surface area contributed by atoms with Gasteiger partial charge >= 0.3 is 0 Å². The minimum Gasteiger partial charge on any atom is -0.391 e. The Morgan fingerprint density at radius 2 is 2.00 bits per heavy atom. The predicted octanol–water partition coefficient (Wildman–Crippen LogP) is 4.32. The number of likely N-dealkylation sites (tertiary alicyclic amines) is 1. The first-order valence-electron chi connectivity index (χ1n) is 12.7. The number of fused-ring (bicyclic) bond motifs is 1. The van der Waals surface area contributed by atoms with Crippen molar-refractivity contribution in [1.29, 1.82) is 0 Å². The first-order valence-corrected chi connectivity index (χ1v) is 13.6. The zero-order valence-corrected chi connectivity index (χ0v) is 22.9. The van der Waals surface area contributed by atoms with Crippen LogP contribution in [0.3, 0.4) is 0 Å². The van der Waals surface area contributed by atoms with Crippen LogP contribution in [0.4, 0.5) is 17.3 Å². The van der Waals surface area contributed by atoms with Gasteiger partial charge in [-0.05, 0) is 72.8 Å².